The van der Waals surface area contributed by atoms with Crippen molar-refractivity contribution in [2.24, 2.45) is 0 Å². The Hall–Kier alpha value is -2.45. The first-order chi connectivity index (χ1) is 20.1. The van der Waals surface area contributed by atoms with Gasteiger partial charge in [0.05, 0.1) is 0 Å². The summed E-state index contributed by atoms with van der Waals surface area (Å²) in [5.74, 6) is 0. The van der Waals surface area contributed by atoms with E-state index in [-0.39, 0.29) is 74.1 Å². The first-order valence-electron chi connectivity index (χ1n) is 14.1. The molecule has 8 radical (unpaired) electrons. The molecular weight excluding hydrogens is 691 g/mol. The van der Waals surface area contributed by atoms with E-state index >= 15 is 0 Å². The first kappa shape index (κ1) is 45.7. The first-order valence-corrected chi connectivity index (χ1v) is 14.1. The van der Waals surface area contributed by atoms with Crippen molar-refractivity contribution in [3.05, 3.63) is 89.6 Å². The maximum absolute atomic E-state index is 8.36. The summed E-state index contributed by atoms with van der Waals surface area (Å²) in [4.78, 5) is 32.6. The zero-order valence-corrected chi connectivity index (χ0v) is 35.6. The fourth-order valence-electron chi connectivity index (χ4n) is 3.34. The van der Waals surface area contributed by atoms with Gasteiger partial charge < -0.3 is 49.4 Å². The minimum absolute atomic E-state index is 0. The van der Waals surface area contributed by atoms with E-state index < -0.39 is 0 Å². The van der Waals surface area contributed by atoms with Gasteiger partial charge in [-0.05, 0) is 108 Å². The van der Waals surface area contributed by atoms with E-state index in [1.54, 1.807) is 0 Å². The summed E-state index contributed by atoms with van der Waals surface area (Å²) in [5, 5.41) is 13.8. The van der Waals surface area contributed by atoms with E-state index in [9.17, 15) is 0 Å². The standard InChI is InChI=1S/2C15H23N4.2CH2O2.2Zn/c2*1-14(2,3)18-9-7-16(12-18)11-17-8-10-19(13-17)15(4,5)6;2*2-1-3;;/h2*7-11H,1-6H3;2*1H,(H,2,3);;/q2*-1;;;;. The van der Waals surface area contributed by atoms with Gasteiger partial charge in [0, 0.05) is 85.9 Å². The summed E-state index contributed by atoms with van der Waals surface area (Å²) < 4.78 is 0. The third-order valence-corrected chi connectivity index (χ3v) is 5.79. The molecule has 0 saturated heterocycles. The molecule has 4 rings (SSSR count). The minimum Gasteiger partial charge on any atom is -0.483 e. The van der Waals surface area contributed by atoms with Crippen molar-refractivity contribution in [3.63, 3.8) is 0 Å². The second kappa shape index (κ2) is 19.4. The zero-order valence-electron chi connectivity index (χ0n) is 29.6. The molecule has 0 aliphatic carbocycles. The Morgan fingerprint density at radius 2 is 0.587 bits per heavy atom. The number of rotatable bonds is 4. The summed E-state index contributed by atoms with van der Waals surface area (Å²) in [5.41, 5.74) is 0.186. The van der Waals surface area contributed by atoms with E-state index in [1.165, 1.54) is 0 Å². The normalized spacial score (nSPS) is 17.1. The van der Waals surface area contributed by atoms with Gasteiger partial charge in [-0.1, -0.05) is 0 Å². The van der Waals surface area contributed by atoms with Crippen molar-refractivity contribution in [2.75, 3.05) is 0 Å². The molecule has 0 spiro atoms. The molecule has 0 atom stereocenters. The van der Waals surface area contributed by atoms with Crippen molar-refractivity contribution < 1.29 is 58.8 Å². The zero-order chi connectivity index (χ0) is 33.9. The Balaban J connectivity index is 0. The van der Waals surface area contributed by atoms with Crippen LogP contribution in [0.2, 0.25) is 0 Å². The van der Waals surface area contributed by atoms with Crippen LogP contribution in [0.15, 0.2) is 49.6 Å². The fraction of sp³-hybridized carbons (Fsp3) is 0.500. The topological polar surface area (TPSA) is 101 Å². The maximum atomic E-state index is 8.36. The molecule has 0 aromatic heterocycles. The van der Waals surface area contributed by atoms with Gasteiger partial charge in [-0.15, -0.1) is 0 Å². The number of nitrogens with zero attached hydrogens (tertiary/aromatic N) is 8. The van der Waals surface area contributed by atoms with Crippen LogP contribution in [0.25, 0.3) is 0 Å². The third kappa shape index (κ3) is 15.9. The van der Waals surface area contributed by atoms with Crippen molar-refractivity contribution >= 4 is 12.9 Å². The van der Waals surface area contributed by atoms with Crippen molar-refractivity contribution in [1.29, 1.82) is 0 Å². The minimum atomic E-state index is -0.250. The van der Waals surface area contributed by atoms with Crippen LogP contribution < -0.4 is 0 Å². The third-order valence-electron chi connectivity index (χ3n) is 5.79. The molecule has 4 heterocycles. The molecule has 0 amide bonds. The molecule has 0 bridgehead atoms. The Kier molecular flexibility index (Phi) is 19.2. The second-order valence-corrected chi connectivity index (χ2v) is 13.8. The summed E-state index contributed by atoms with van der Waals surface area (Å²) in [6, 6.07) is 0. The quantitative estimate of drug-likeness (QED) is 0.227. The van der Waals surface area contributed by atoms with Crippen LogP contribution in [0.5, 0.6) is 0 Å². The molecule has 4 aliphatic rings. The molecule has 2 N–H and O–H groups in total. The molecule has 12 nitrogen and oxygen atoms in total. The van der Waals surface area contributed by atoms with Crippen molar-refractivity contribution in [2.45, 2.75) is 105 Å². The van der Waals surface area contributed by atoms with Gasteiger partial charge in [0.1, 0.15) is 0 Å². The van der Waals surface area contributed by atoms with Crippen LogP contribution in [0.3, 0.4) is 0 Å². The average Bonchev–Trinajstić information content (AvgIpc) is 3.67. The largest absolute Gasteiger partial charge is 0.483 e. The van der Waals surface area contributed by atoms with Gasteiger partial charge in [0.25, 0.3) is 12.9 Å². The Morgan fingerprint density at radius 3 is 0.696 bits per heavy atom. The number of carbonyl (C=O) groups is 2. The average molecular weight is 742 g/mol. The molecule has 0 fully saturated rings. The van der Waals surface area contributed by atoms with Crippen LogP contribution in [-0.2, 0) is 48.5 Å². The predicted octanol–water partition coefficient (Wildman–Crippen LogP) is 5.14. The molecule has 14 heteroatoms. The summed E-state index contributed by atoms with van der Waals surface area (Å²) in [7, 11) is 0. The fourth-order valence-corrected chi connectivity index (χ4v) is 3.34. The van der Waals surface area contributed by atoms with Crippen LogP contribution in [0.1, 0.15) is 83.1 Å². The number of hydrogen-bond acceptors (Lipinski definition) is 10. The van der Waals surface area contributed by atoms with Crippen LogP contribution >= 0.6 is 0 Å². The van der Waals surface area contributed by atoms with Crippen LogP contribution in [-0.4, -0.2) is 84.5 Å². The monoisotopic (exact) mass is 738 g/mol. The number of hydrogen-bond donors (Lipinski definition) is 2. The maximum Gasteiger partial charge on any atom is 0.290 e. The predicted molar refractivity (Wildman–Crippen MR) is 169 cm³/mol. The summed E-state index contributed by atoms with van der Waals surface area (Å²) in [6.07, 6.45) is 16.0. The Labute approximate surface area is 304 Å². The van der Waals surface area contributed by atoms with Gasteiger partial charge in [0.15, 0.2) is 26.7 Å². The van der Waals surface area contributed by atoms with Crippen molar-refractivity contribution in [1.82, 2.24) is 39.2 Å². The molecular formula is C32H50N8O4Zn2-2. The van der Waals surface area contributed by atoms with Gasteiger partial charge in [-0.25, -0.2) is 0 Å². The molecule has 0 aromatic carbocycles. The Bertz CT molecular complexity index is 862. The van der Waals surface area contributed by atoms with E-state index in [4.69, 9.17) is 19.8 Å². The molecule has 46 heavy (non-hydrogen) atoms. The summed E-state index contributed by atoms with van der Waals surface area (Å²) in [6.45, 7) is 42.4. The van der Waals surface area contributed by atoms with E-state index in [2.05, 4.69) is 129 Å². The van der Waals surface area contributed by atoms with Gasteiger partial charge in [-0.3, -0.25) is 9.59 Å². The SMILES string of the molecule is CC(C)(C)N1[C]N([CH-]N2[C]N(C(C)(C)C)C=C2)C=C1.CC(C)(C)N1[C]N([CH-]N2[C]N(C(C)(C)C)C=C2)C=C1.O=CO.O=CO.[Zn].[Zn]. The molecule has 4 aliphatic heterocycles. The van der Waals surface area contributed by atoms with Gasteiger partial charge in [-0.2, -0.15) is 13.3 Å². The van der Waals surface area contributed by atoms with Crippen LogP contribution in [0, 0.1) is 40.0 Å². The van der Waals surface area contributed by atoms with Crippen LogP contribution in [0.4, 0.5) is 0 Å². The second-order valence-electron chi connectivity index (χ2n) is 13.8. The number of carboxylic acid groups (broad SMARTS) is 2. The van der Waals surface area contributed by atoms with Crippen molar-refractivity contribution in [3.8, 4) is 0 Å². The molecule has 0 saturated carbocycles. The van der Waals surface area contributed by atoms with Gasteiger partial charge in [0.2, 0.25) is 0 Å². The molecule has 0 aromatic rings. The molecule has 248 valence electrons. The summed E-state index contributed by atoms with van der Waals surface area (Å²) >= 11 is 0. The smallest absolute Gasteiger partial charge is 0.290 e. The van der Waals surface area contributed by atoms with E-state index in [1.807, 2.05) is 82.5 Å². The van der Waals surface area contributed by atoms with E-state index in [0.29, 0.717) is 0 Å². The van der Waals surface area contributed by atoms with Gasteiger partial charge >= 0.3 is 0 Å². The Morgan fingerprint density at radius 1 is 0.435 bits per heavy atom. The van der Waals surface area contributed by atoms with E-state index in [0.717, 1.165) is 0 Å². The molecule has 0 unspecified atom stereocenters.